The Bertz CT molecular complexity index is 924. The van der Waals surface area contributed by atoms with Gasteiger partial charge in [0.1, 0.15) is 11.3 Å². The summed E-state index contributed by atoms with van der Waals surface area (Å²) in [6.45, 7) is 9.14. The zero-order chi connectivity index (χ0) is 18.7. The fourth-order valence-corrected chi connectivity index (χ4v) is 2.57. The van der Waals surface area contributed by atoms with Crippen LogP contribution in [0.25, 0.3) is 11.0 Å². The maximum absolute atomic E-state index is 5.91. The summed E-state index contributed by atoms with van der Waals surface area (Å²) in [4.78, 5) is 8.63. The highest BCUT2D eigenvalue weighted by Gasteiger charge is 2.21. The molecular formula is C19H26IN5O2. The molecule has 0 saturated heterocycles. The van der Waals surface area contributed by atoms with Crippen LogP contribution >= 0.6 is 24.0 Å². The number of furan rings is 1. The van der Waals surface area contributed by atoms with Crippen molar-refractivity contribution in [3.63, 3.8) is 0 Å². The third-order valence-electron chi connectivity index (χ3n) is 4.11. The summed E-state index contributed by atoms with van der Waals surface area (Å²) in [5.41, 5.74) is 1.87. The maximum atomic E-state index is 5.91. The first-order chi connectivity index (χ1) is 12.4. The molecule has 3 aromatic rings. The Morgan fingerprint density at radius 1 is 1.15 bits per heavy atom. The van der Waals surface area contributed by atoms with Crippen LogP contribution in [0.15, 0.2) is 38.2 Å². The van der Waals surface area contributed by atoms with Gasteiger partial charge in [0, 0.05) is 23.4 Å². The maximum Gasteiger partial charge on any atom is 0.232 e. The molecule has 2 aromatic heterocycles. The molecule has 0 aliphatic carbocycles. The normalized spacial score (nSPS) is 12.1. The number of benzene rings is 1. The van der Waals surface area contributed by atoms with Crippen molar-refractivity contribution in [3.05, 3.63) is 47.3 Å². The van der Waals surface area contributed by atoms with Gasteiger partial charge in [-0.15, -0.1) is 24.0 Å². The number of aromatic nitrogens is 2. The standard InChI is InChI=1S/C19H25N5O2.HI/c1-12-13-8-6-7-9-14(13)25-15(12)10-21-18(20-5)22-11-16-23-17(26-24-16)19(2,3)4;/h6-9H,10-11H2,1-5H3,(H2,20,21,22);1H. The summed E-state index contributed by atoms with van der Waals surface area (Å²) < 4.78 is 11.2. The largest absolute Gasteiger partial charge is 0.459 e. The number of rotatable bonds is 4. The molecule has 0 atom stereocenters. The first kappa shape index (κ1) is 21.2. The highest BCUT2D eigenvalue weighted by atomic mass is 127. The summed E-state index contributed by atoms with van der Waals surface area (Å²) in [6.07, 6.45) is 0. The van der Waals surface area contributed by atoms with E-state index in [0.29, 0.717) is 30.8 Å². The van der Waals surface area contributed by atoms with Crippen molar-refractivity contribution in [3.8, 4) is 0 Å². The Hall–Kier alpha value is -2.10. The van der Waals surface area contributed by atoms with Crippen molar-refractivity contribution in [2.24, 2.45) is 4.99 Å². The van der Waals surface area contributed by atoms with E-state index >= 15 is 0 Å². The zero-order valence-corrected chi connectivity index (χ0v) is 18.6. The molecule has 0 saturated carbocycles. The van der Waals surface area contributed by atoms with Gasteiger partial charge in [-0.25, -0.2) is 0 Å². The van der Waals surface area contributed by atoms with Crippen LogP contribution in [0.4, 0.5) is 0 Å². The van der Waals surface area contributed by atoms with Crippen molar-refractivity contribution >= 4 is 40.9 Å². The number of hydrogen-bond donors (Lipinski definition) is 2. The van der Waals surface area contributed by atoms with Crippen LogP contribution in [-0.4, -0.2) is 23.1 Å². The first-order valence-electron chi connectivity index (χ1n) is 8.63. The van der Waals surface area contributed by atoms with E-state index in [-0.39, 0.29) is 29.4 Å². The highest BCUT2D eigenvalue weighted by molar-refractivity contribution is 14.0. The molecule has 0 aliphatic rings. The minimum atomic E-state index is -0.163. The van der Waals surface area contributed by atoms with Gasteiger partial charge in [0.2, 0.25) is 5.89 Å². The van der Waals surface area contributed by atoms with Crippen LogP contribution in [0.2, 0.25) is 0 Å². The Kier molecular flexibility index (Phi) is 6.85. The van der Waals surface area contributed by atoms with E-state index in [4.69, 9.17) is 8.94 Å². The number of para-hydroxylation sites is 1. The second-order valence-corrected chi connectivity index (χ2v) is 7.19. The number of aliphatic imine (C=N–C) groups is 1. The summed E-state index contributed by atoms with van der Waals surface area (Å²) in [5.74, 6) is 2.75. The number of guanidine groups is 1. The first-order valence-corrected chi connectivity index (χ1v) is 8.63. The van der Waals surface area contributed by atoms with Gasteiger partial charge >= 0.3 is 0 Å². The van der Waals surface area contributed by atoms with Gasteiger partial charge in [0.15, 0.2) is 11.8 Å². The van der Waals surface area contributed by atoms with Crippen LogP contribution in [0.3, 0.4) is 0 Å². The van der Waals surface area contributed by atoms with Crippen molar-refractivity contribution in [2.75, 3.05) is 7.05 Å². The van der Waals surface area contributed by atoms with Crippen LogP contribution in [0.1, 0.15) is 43.8 Å². The van der Waals surface area contributed by atoms with Crippen LogP contribution in [-0.2, 0) is 18.5 Å². The van der Waals surface area contributed by atoms with Crippen molar-refractivity contribution in [2.45, 2.75) is 46.2 Å². The number of hydrogen-bond acceptors (Lipinski definition) is 5. The van der Waals surface area contributed by atoms with Gasteiger partial charge in [0.05, 0.1) is 13.1 Å². The van der Waals surface area contributed by atoms with Crippen LogP contribution in [0.5, 0.6) is 0 Å². The molecule has 0 bridgehead atoms. The minimum Gasteiger partial charge on any atom is -0.459 e. The second-order valence-electron chi connectivity index (χ2n) is 7.19. The molecule has 0 fully saturated rings. The summed E-state index contributed by atoms with van der Waals surface area (Å²) >= 11 is 0. The van der Waals surface area contributed by atoms with Gasteiger partial charge in [-0.05, 0) is 13.0 Å². The minimum absolute atomic E-state index is 0. The summed E-state index contributed by atoms with van der Waals surface area (Å²) in [6, 6.07) is 8.02. The van der Waals surface area contributed by atoms with E-state index in [1.54, 1.807) is 7.05 Å². The van der Waals surface area contributed by atoms with E-state index < -0.39 is 0 Å². The molecule has 0 radical (unpaired) electrons. The average Bonchev–Trinajstić information content (AvgIpc) is 3.21. The predicted octanol–water partition coefficient (Wildman–Crippen LogP) is 3.90. The molecule has 0 amide bonds. The van der Waals surface area contributed by atoms with Crippen LogP contribution in [0, 0.1) is 6.92 Å². The molecule has 27 heavy (non-hydrogen) atoms. The molecule has 0 unspecified atom stereocenters. The molecule has 2 N–H and O–H groups in total. The van der Waals surface area contributed by atoms with E-state index in [1.807, 2.05) is 39.0 Å². The average molecular weight is 483 g/mol. The Morgan fingerprint density at radius 2 is 1.85 bits per heavy atom. The Morgan fingerprint density at radius 3 is 2.48 bits per heavy atom. The molecule has 0 spiro atoms. The molecule has 2 heterocycles. The molecule has 8 heteroatoms. The van der Waals surface area contributed by atoms with Crippen molar-refractivity contribution in [1.29, 1.82) is 0 Å². The van der Waals surface area contributed by atoms with Crippen molar-refractivity contribution < 1.29 is 8.94 Å². The lowest BCUT2D eigenvalue weighted by molar-refractivity contribution is 0.318. The Labute approximate surface area is 176 Å². The van der Waals surface area contributed by atoms with E-state index in [2.05, 4.69) is 38.8 Å². The van der Waals surface area contributed by atoms with Gasteiger partial charge in [0.25, 0.3) is 0 Å². The monoisotopic (exact) mass is 483 g/mol. The molecule has 0 aliphatic heterocycles. The molecule has 1 aromatic carbocycles. The fraction of sp³-hybridized carbons (Fsp3) is 0.421. The highest BCUT2D eigenvalue weighted by Crippen LogP contribution is 2.24. The van der Waals surface area contributed by atoms with E-state index in [0.717, 1.165) is 22.3 Å². The number of halogens is 1. The molecule has 146 valence electrons. The summed E-state index contributed by atoms with van der Waals surface area (Å²) in [7, 11) is 1.72. The van der Waals surface area contributed by atoms with Gasteiger partial charge in [-0.2, -0.15) is 4.98 Å². The number of fused-ring (bicyclic) bond motifs is 1. The van der Waals surface area contributed by atoms with Crippen molar-refractivity contribution in [1.82, 2.24) is 20.8 Å². The third kappa shape index (κ3) is 5.00. The smallest absolute Gasteiger partial charge is 0.232 e. The molecule has 7 nitrogen and oxygen atoms in total. The molecule has 3 rings (SSSR count). The number of nitrogens with one attached hydrogen (secondary N) is 2. The van der Waals surface area contributed by atoms with Gasteiger partial charge in [-0.1, -0.05) is 44.1 Å². The molecular weight excluding hydrogens is 457 g/mol. The lowest BCUT2D eigenvalue weighted by atomic mass is 9.97. The lowest BCUT2D eigenvalue weighted by Gasteiger charge is -2.11. The predicted molar refractivity (Wildman–Crippen MR) is 116 cm³/mol. The van der Waals surface area contributed by atoms with E-state index in [9.17, 15) is 0 Å². The van der Waals surface area contributed by atoms with E-state index in [1.165, 1.54) is 0 Å². The van der Waals surface area contributed by atoms with Gasteiger partial charge < -0.3 is 19.6 Å². The zero-order valence-electron chi connectivity index (χ0n) is 16.3. The van der Waals surface area contributed by atoms with Gasteiger partial charge in [-0.3, -0.25) is 4.99 Å². The number of aryl methyl sites for hydroxylation is 1. The fourth-order valence-electron chi connectivity index (χ4n) is 2.57. The Balaban J connectivity index is 0.00000261. The third-order valence-corrected chi connectivity index (χ3v) is 4.11. The number of nitrogens with zero attached hydrogens (tertiary/aromatic N) is 3. The second kappa shape index (κ2) is 8.73. The topological polar surface area (TPSA) is 88.5 Å². The SMILES string of the molecule is CN=C(NCc1noc(C(C)(C)C)n1)NCc1oc2ccccc2c1C.I. The quantitative estimate of drug-likeness (QED) is 0.333. The lowest BCUT2D eigenvalue weighted by Crippen LogP contribution is -2.36. The van der Waals surface area contributed by atoms with Crippen LogP contribution < -0.4 is 10.6 Å². The summed E-state index contributed by atoms with van der Waals surface area (Å²) in [5, 5.41) is 11.6.